The number of unbranched alkanes of at least 4 members (excludes halogenated alkanes) is 1. The number of nitrogens with zero attached hydrogens (tertiary/aromatic N) is 3. The van der Waals surface area contributed by atoms with E-state index < -0.39 is 5.83 Å². The van der Waals surface area contributed by atoms with Crippen molar-refractivity contribution in [3.05, 3.63) is 95.4 Å². The first-order valence-corrected chi connectivity index (χ1v) is 12.9. The van der Waals surface area contributed by atoms with Crippen LogP contribution in [0.2, 0.25) is 0 Å². The van der Waals surface area contributed by atoms with E-state index >= 15 is 4.39 Å². The summed E-state index contributed by atoms with van der Waals surface area (Å²) in [5.74, 6) is -0.00850. The maximum Gasteiger partial charge on any atom is 0.159 e. The fraction of sp³-hybridized carbons (Fsp3) is 0.194. The molecule has 3 aromatic heterocycles. The van der Waals surface area contributed by atoms with Gasteiger partial charge >= 0.3 is 0 Å². The molecule has 1 aliphatic carbocycles. The van der Waals surface area contributed by atoms with E-state index in [0.29, 0.717) is 27.6 Å². The van der Waals surface area contributed by atoms with Crippen LogP contribution in [-0.4, -0.2) is 25.1 Å². The van der Waals surface area contributed by atoms with E-state index in [1.165, 1.54) is 0 Å². The van der Waals surface area contributed by atoms with E-state index in [0.717, 1.165) is 59.2 Å². The lowest BCUT2D eigenvalue weighted by atomic mass is 10.1. The smallest absolute Gasteiger partial charge is 0.159 e. The van der Waals surface area contributed by atoms with Crippen molar-refractivity contribution in [2.24, 2.45) is 0 Å². The number of benzene rings is 1. The van der Waals surface area contributed by atoms with Crippen LogP contribution in [0.25, 0.3) is 45.6 Å². The summed E-state index contributed by atoms with van der Waals surface area (Å²) in [6.07, 6.45) is 15.4. The summed E-state index contributed by atoms with van der Waals surface area (Å²) >= 11 is 0. The minimum Gasteiger partial charge on any atom is -0.358 e. The summed E-state index contributed by atoms with van der Waals surface area (Å²) in [4.78, 5) is 12.5. The summed E-state index contributed by atoms with van der Waals surface area (Å²) < 4.78 is 16.2. The van der Waals surface area contributed by atoms with E-state index in [4.69, 9.17) is 4.98 Å². The van der Waals surface area contributed by atoms with Crippen LogP contribution in [0.5, 0.6) is 0 Å². The number of imidazole rings is 1. The van der Waals surface area contributed by atoms with Gasteiger partial charge in [0.2, 0.25) is 0 Å². The number of allylic oxidation sites excluding steroid dienone is 6. The molecule has 5 rings (SSSR count). The first-order valence-electron chi connectivity index (χ1n) is 12.9. The van der Waals surface area contributed by atoms with Gasteiger partial charge in [0, 0.05) is 28.6 Å². The molecule has 0 fully saturated rings. The summed E-state index contributed by atoms with van der Waals surface area (Å²) in [5.41, 5.74) is 6.65. The van der Waals surface area contributed by atoms with Crippen LogP contribution in [0.15, 0.2) is 73.7 Å². The Morgan fingerprint density at radius 3 is 2.87 bits per heavy atom. The number of halogens is 1. The van der Waals surface area contributed by atoms with E-state index in [9.17, 15) is 0 Å². The number of pyridine rings is 1. The van der Waals surface area contributed by atoms with Crippen LogP contribution < -0.4 is 15.9 Å². The third-order valence-corrected chi connectivity index (χ3v) is 6.63. The topological polar surface area (TPSA) is 82.3 Å². The molecule has 3 heterocycles. The van der Waals surface area contributed by atoms with Gasteiger partial charge in [-0.15, -0.1) is 0 Å². The highest BCUT2D eigenvalue weighted by molar-refractivity contribution is 5.96. The molecule has 6 nitrogen and oxygen atoms in total. The second-order valence-electron chi connectivity index (χ2n) is 9.32. The van der Waals surface area contributed by atoms with Crippen LogP contribution in [0.4, 0.5) is 10.1 Å². The van der Waals surface area contributed by atoms with Gasteiger partial charge in [0.05, 0.1) is 33.5 Å². The Balaban J connectivity index is 1.56. The highest BCUT2D eigenvalue weighted by Crippen LogP contribution is 2.30. The number of aromatic nitrogens is 5. The van der Waals surface area contributed by atoms with Crippen molar-refractivity contribution in [1.29, 1.82) is 0 Å². The zero-order valence-corrected chi connectivity index (χ0v) is 21.7. The molecule has 0 spiro atoms. The van der Waals surface area contributed by atoms with Crippen molar-refractivity contribution in [1.82, 2.24) is 25.1 Å². The van der Waals surface area contributed by atoms with Crippen LogP contribution in [0.1, 0.15) is 50.7 Å². The Morgan fingerprint density at radius 2 is 2.11 bits per heavy atom. The molecule has 192 valence electrons. The fourth-order valence-corrected chi connectivity index (χ4v) is 4.60. The van der Waals surface area contributed by atoms with Gasteiger partial charge in [-0.3, -0.25) is 10.1 Å². The molecule has 0 amide bonds. The minimum atomic E-state index is -0.493. The van der Waals surface area contributed by atoms with Gasteiger partial charge in [-0.2, -0.15) is 5.10 Å². The Hall–Kier alpha value is -4.52. The predicted molar refractivity (Wildman–Crippen MR) is 155 cm³/mol. The summed E-state index contributed by atoms with van der Waals surface area (Å²) in [5, 5.41) is 11.5. The molecule has 0 unspecified atom stereocenters. The number of para-hydroxylation sites is 1. The standard InChI is InChI=1S/C31H31FN6/c1-5-7-11-19(3)34-23-16-22(17-33-18-23)20(4)28(32)27-25(6-2)37-38-30(27)31-35-26-15-10-14-24(29(26)36-31)21-12-8-9-13-21/h6,8,10,12-18,34,37H,3-5,7,9,11H2,1-2H3,(H,35,36)/b25-6+,28-27-. The molecule has 4 aromatic rings. The van der Waals surface area contributed by atoms with Gasteiger partial charge in [0.15, 0.2) is 5.82 Å². The van der Waals surface area contributed by atoms with Gasteiger partial charge in [0.1, 0.15) is 11.5 Å². The second kappa shape index (κ2) is 10.8. The molecule has 0 saturated carbocycles. The average molecular weight is 507 g/mol. The Kier molecular flexibility index (Phi) is 7.18. The number of H-pyrrole nitrogens is 2. The van der Waals surface area contributed by atoms with Crippen LogP contribution >= 0.6 is 0 Å². The lowest BCUT2D eigenvalue weighted by molar-refractivity contribution is 0.764. The molecule has 38 heavy (non-hydrogen) atoms. The first-order chi connectivity index (χ1) is 18.5. The maximum absolute atomic E-state index is 16.2. The second-order valence-corrected chi connectivity index (χ2v) is 9.32. The van der Waals surface area contributed by atoms with Crippen molar-refractivity contribution < 1.29 is 4.39 Å². The molecule has 7 heteroatoms. The monoisotopic (exact) mass is 506 g/mol. The van der Waals surface area contributed by atoms with Crippen LogP contribution in [-0.2, 0) is 0 Å². The molecule has 0 radical (unpaired) electrons. The number of hydrogen-bond acceptors (Lipinski definition) is 4. The van der Waals surface area contributed by atoms with Crippen molar-refractivity contribution >= 4 is 39.8 Å². The molecular weight excluding hydrogens is 475 g/mol. The number of anilines is 1. The van der Waals surface area contributed by atoms with E-state index in [1.807, 2.05) is 31.2 Å². The average Bonchev–Trinajstić information content (AvgIpc) is 3.70. The van der Waals surface area contributed by atoms with Crippen molar-refractivity contribution in [3.8, 4) is 11.5 Å². The minimum absolute atomic E-state index is 0.212. The van der Waals surface area contributed by atoms with E-state index in [1.54, 1.807) is 18.5 Å². The lowest BCUT2D eigenvalue weighted by Crippen LogP contribution is -2.26. The van der Waals surface area contributed by atoms with Crippen LogP contribution in [0, 0.1) is 0 Å². The third-order valence-electron chi connectivity index (χ3n) is 6.63. The number of aromatic amines is 2. The number of hydrogen-bond donors (Lipinski definition) is 3. The van der Waals surface area contributed by atoms with Gasteiger partial charge < -0.3 is 10.3 Å². The number of nitrogens with one attached hydrogen (secondary N) is 3. The van der Waals surface area contributed by atoms with Gasteiger partial charge in [-0.25, -0.2) is 9.37 Å². The highest BCUT2D eigenvalue weighted by atomic mass is 19.1. The van der Waals surface area contributed by atoms with E-state index in [2.05, 4.69) is 63.8 Å². The van der Waals surface area contributed by atoms with Crippen LogP contribution in [0.3, 0.4) is 0 Å². The molecule has 1 aromatic carbocycles. The molecule has 0 aliphatic heterocycles. The quantitative estimate of drug-likeness (QED) is 0.245. The normalized spacial score (nSPS) is 14.2. The van der Waals surface area contributed by atoms with Crippen molar-refractivity contribution in [3.63, 3.8) is 0 Å². The lowest BCUT2D eigenvalue weighted by Gasteiger charge is -2.11. The zero-order valence-electron chi connectivity index (χ0n) is 21.7. The summed E-state index contributed by atoms with van der Waals surface area (Å²) in [6, 6.07) is 7.83. The molecule has 3 N–H and O–H groups in total. The van der Waals surface area contributed by atoms with E-state index in [-0.39, 0.29) is 5.57 Å². The third kappa shape index (κ3) is 4.87. The number of fused-ring (bicyclic) bond motifs is 1. The zero-order chi connectivity index (χ0) is 26.6. The summed E-state index contributed by atoms with van der Waals surface area (Å²) in [7, 11) is 0. The summed E-state index contributed by atoms with van der Waals surface area (Å²) in [6.45, 7) is 12.1. The Bertz CT molecular complexity index is 1720. The Labute approximate surface area is 221 Å². The molecule has 0 bridgehead atoms. The fourth-order valence-electron chi connectivity index (χ4n) is 4.60. The largest absolute Gasteiger partial charge is 0.358 e. The number of rotatable bonds is 9. The van der Waals surface area contributed by atoms with Gasteiger partial charge in [0.25, 0.3) is 0 Å². The molecular formula is C31H31FN6. The van der Waals surface area contributed by atoms with Gasteiger partial charge in [-0.1, -0.05) is 62.9 Å². The first kappa shape index (κ1) is 25.1. The maximum atomic E-state index is 16.2. The molecule has 1 aliphatic rings. The SMILES string of the molecule is C=C(CCCC)Nc1cncc(C(=C)/C(F)=c2/c(-c3nc4c(C5=CCC=C5)cccc4[nH]3)n[nH]/c2=C/C)c1. The predicted octanol–water partition coefficient (Wildman–Crippen LogP) is 6.40. The highest BCUT2D eigenvalue weighted by Gasteiger charge is 2.18. The Morgan fingerprint density at radius 1 is 1.24 bits per heavy atom. The van der Waals surface area contributed by atoms with Gasteiger partial charge in [-0.05, 0) is 43.9 Å². The molecule has 0 atom stereocenters. The molecule has 0 saturated heterocycles. The van der Waals surface area contributed by atoms with Crippen molar-refractivity contribution in [2.45, 2.75) is 39.5 Å². The van der Waals surface area contributed by atoms with Crippen molar-refractivity contribution in [2.75, 3.05) is 5.32 Å².